The van der Waals surface area contributed by atoms with E-state index in [0.29, 0.717) is 0 Å². The third-order valence-electron chi connectivity index (χ3n) is 3.64. The molecule has 0 fully saturated rings. The van der Waals surface area contributed by atoms with E-state index in [4.69, 9.17) is 4.74 Å². The van der Waals surface area contributed by atoms with E-state index in [1.54, 1.807) is 23.3 Å². The normalized spacial score (nSPS) is 10.8. The monoisotopic (exact) mass is 302 g/mol. The van der Waals surface area contributed by atoms with E-state index in [2.05, 4.69) is 27.2 Å². The Bertz CT molecular complexity index is 963. The van der Waals surface area contributed by atoms with Crippen LogP contribution >= 0.6 is 0 Å². The van der Waals surface area contributed by atoms with Crippen LogP contribution in [-0.2, 0) is 7.05 Å². The quantitative estimate of drug-likeness (QED) is 0.577. The first kappa shape index (κ1) is 13.5. The molecule has 0 saturated carbocycles. The van der Waals surface area contributed by atoms with Gasteiger partial charge in [-0.1, -0.05) is 12.1 Å². The summed E-state index contributed by atoms with van der Waals surface area (Å²) in [4.78, 5) is 8.26. The minimum Gasteiger partial charge on any atom is -0.455 e. The van der Waals surface area contributed by atoms with Crippen molar-refractivity contribution < 1.29 is 4.74 Å². The standard InChI is InChI=1S/C18H14N4O/c1-22-12-15(10-21-22)13-2-3-14-9-20-11-18(17(14)8-13)23-16-4-6-19-7-5-16/h2-12H,1H3. The van der Waals surface area contributed by atoms with Crippen molar-refractivity contribution in [2.45, 2.75) is 0 Å². The maximum atomic E-state index is 5.96. The summed E-state index contributed by atoms with van der Waals surface area (Å²) in [5.74, 6) is 1.46. The van der Waals surface area contributed by atoms with Gasteiger partial charge in [0.2, 0.25) is 0 Å². The molecule has 3 aromatic heterocycles. The van der Waals surface area contributed by atoms with Gasteiger partial charge in [0, 0.05) is 48.2 Å². The molecule has 0 unspecified atom stereocenters. The molecule has 0 aliphatic heterocycles. The number of aryl methyl sites for hydroxylation is 1. The number of aromatic nitrogens is 4. The summed E-state index contributed by atoms with van der Waals surface area (Å²) < 4.78 is 7.76. The Morgan fingerprint density at radius 2 is 1.78 bits per heavy atom. The van der Waals surface area contributed by atoms with Gasteiger partial charge in [0.05, 0.1) is 12.4 Å². The largest absolute Gasteiger partial charge is 0.455 e. The average molecular weight is 302 g/mol. The highest BCUT2D eigenvalue weighted by atomic mass is 16.5. The topological polar surface area (TPSA) is 52.8 Å². The van der Waals surface area contributed by atoms with E-state index < -0.39 is 0 Å². The van der Waals surface area contributed by atoms with Crippen LogP contribution in [0.5, 0.6) is 11.5 Å². The molecular weight excluding hydrogens is 288 g/mol. The lowest BCUT2D eigenvalue weighted by Gasteiger charge is -2.09. The molecule has 4 rings (SSSR count). The number of nitrogens with zero attached hydrogens (tertiary/aromatic N) is 4. The van der Waals surface area contributed by atoms with Gasteiger partial charge < -0.3 is 4.74 Å². The number of hydrogen-bond acceptors (Lipinski definition) is 4. The van der Waals surface area contributed by atoms with Gasteiger partial charge in [0.25, 0.3) is 0 Å². The van der Waals surface area contributed by atoms with Crippen LogP contribution in [0.25, 0.3) is 21.9 Å². The predicted molar refractivity (Wildman–Crippen MR) is 88.3 cm³/mol. The first-order valence-corrected chi connectivity index (χ1v) is 7.24. The van der Waals surface area contributed by atoms with Crippen molar-refractivity contribution in [2.24, 2.45) is 7.05 Å². The fourth-order valence-corrected chi connectivity index (χ4v) is 2.50. The van der Waals surface area contributed by atoms with Gasteiger partial charge in [-0.25, -0.2) is 0 Å². The minimum atomic E-state index is 0.722. The fraction of sp³-hybridized carbons (Fsp3) is 0.0556. The van der Waals surface area contributed by atoms with Crippen LogP contribution < -0.4 is 4.74 Å². The molecule has 0 bridgehead atoms. The molecule has 5 heteroatoms. The fourth-order valence-electron chi connectivity index (χ4n) is 2.50. The Morgan fingerprint density at radius 1 is 0.913 bits per heavy atom. The second kappa shape index (κ2) is 5.53. The minimum absolute atomic E-state index is 0.722. The Hall–Kier alpha value is -3.21. The molecule has 0 saturated heterocycles. The highest BCUT2D eigenvalue weighted by Gasteiger charge is 2.07. The van der Waals surface area contributed by atoms with Crippen LogP contribution in [0.4, 0.5) is 0 Å². The van der Waals surface area contributed by atoms with Crippen molar-refractivity contribution in [1.82, 2.24) is 19.7 Å². The molecule has 0 spiro atoms. The van der Waals surface area contributed by atoms with Gasteiger partial charge >= 0.3 is 0 Å². The van der Waals surface area contributed by atoms with Crippen LogP contribution in [0.3, 0.4) is 0 Å². The highest BCUT2D eigenvalue weighted by Crippen LogP contribution is 2.32. The van der Waals surface area contributed by atoms with Gasteiger partial charge in [-0.2, -0.15) is 5.10 Å². The average Bonchev–Trinajstić information content (AvgIpc) is 3.02. The summed E-state index contributed by atoms with van der Waals surface area (Å²) in [7, 11) is 1.91. The molecule has 5 nitrogen and oxygen atoms in total. The van der Waals surface area contributed by atoms with Gasteiger partial charge in [0.15, 0.2) is 5.75 Å². The third-order valence-corrected chi connectivity index (χ3v) is 3.64. The Balaban J connectivity index is 1.81. The zero-order chi connectivity index (χ0) is 15.6. The van der Waals surface area contributed by atoms with Gasteiger partial charge in [-0.3, -0.25) is 14.6 Å². The number of rotatable bonds is 3. The second-order valence-corrected chi connectivity index (χ2v) is 5.26. The van der Waals surface area contributed by atoms with E-state index in [1.807, 2.05) is 43.8 Å². The molecule has 112 valence electrons. The van der Waals surface area contributed by atoms with Crippen LogP contribution in [0, 0.1) is 0 Å². The molecule has 0 amide bonds. The van der Waals surface area contributed by atoms with E-state index in [1.165, 1.54) is 0 Å². The van der Waals surface area contributed by atoms with Crippen LogP contribution in [0.15, 0.2) is 67.5 Å². The van der Waals surface area contributed by atoms with Gasteiger partial charge in [-0.15, -0.1) is 0 Å². The number of hydrogen-bond donors (Lipinski definition) is 0. The Kier molecular flexibility index (Phi) is 3.24. The molecule has 0 radical (unpaired) electrons. The summed E-state index contributed by atoms with van der Waals surface area (Å²) >= 11 is 0. The molecule has 0 aliphatic carbocycles. The molecule has 0 aliphatic rings. The molecular formula is C18H14N4O. The lowest BCUT2D eigenvalue weighted by Crippen LogP contribution is -1.88. The summed E-state index contributed by atoms with van der Waals surface area (Å²) in [5, 5.41) is 6.27. The van der Waals surface area contributed by atoms with Crippen molar-refractivity contribution in [3.8, 4) is 22.6 Å². The van der Waals surface area contributed by atoms with Gasteiger partial charge in [0.1, 0.15) is 5.75 Å². The maximum Gasteiger partial charge on any atom is 0.153 e. The third kappa shape index (κ3) is 2.64. The SMILES string of the molecule is Cn1cc(-c2ccc3cncc(Oc4ccncc4)c3c2)cn1. The zero-order valence-corrected chi connectivity index (χ0v) is 12.5. The Labute approximate surface area is 133 Å². The van der Waals surface area contributed by atoms with Crippen molar-refractivity contribution in [2.75, 3.05) is 0 Å². The smallest absolute Gasteiger partial charge is 0.153 e. The summed E-state index contributed by atoms with van der Waals surface area (Å²) in [6.07, 6.45) is 10.8. The van der Waals surface area contributed by atoms with Gasteiger partial charge in [-0.05, 0) is 23.8 Å². The Morgan fingerprint density at radius 3 is 2.57 bits per heavy atom. The number of pyridine rings is 2. The molecule has 4 aromatic rings. The van der Waals surface area contributed by atoms with Crippen LogP contribution in [0.2, 0.25) is 0 Å². The number of ether oxygens (including phenoxy) is 1. The lowest BCUT2D eigenvalue weighted by atomic mass is 10.0. The molecule has 3 heterocycles. The second-order valence-electron chi connectivity index (χ2n) is 5.26. The van der Waals surface area contributed by atoms with Crippen molar-refractivity contribution in [1.29, 1.82) is 0 Å². The lowest BCUT2D eigenvalue weighted by molar-refractivity contribution is 0.485. The maximum absolute atomic E-state index is 5.96. The zero-order valence-electron chi connectivity index (χ0n) is 12.5. The summed E-state index contributed by atoms with van der Waals surface area (Å²) in [5.41, 5.74) is 2.16. The highest BCUT2D eigenvalue weighted by molar-refractivity contribution is 5.91. The first-order chi connectivity index (χ1) is 11.3. The molecule has 0 N–H and O–H groups in total. The van der Waals surface area contributed by atoms with E-state index in [0.717, 1.165) is 33.4 Å². The number of fused-ring (bicyclic) bond motifs is 1. The molecule has 1 aromatic carbocycles. The van der Waals surface area contributed by atoms with Crippen LogP contribution in [0.1, 0.15) is 0 Å². The van der Waals surface area contributed by atoms with Crippen LogP contribution in [-0.4, -0.2) is 19.7 Å². The van der Waals surface area contributed by atoms with Crippen molar-refractivity contribution in [3.63, 3.8) is 0 Å². The van der Waals surface area contributed by atoms with E-state index in [-0.39, 0.29) is 0 Å². The van der Waals surface area contributed by atoms with E-state index >= 15 is 0 Å². The predicted octanol–water partition coefficient (Wildman–Crippen LogP) is 3.82. The molecule has 0 atom stereocenters. The summed E-state index contributed by atoms with van der Waals surface area (Å²) in [6.45, 7) is 0. The van der Waals surface area contributed by atoms with Crippen molar-refractivity contribution >= 4 is 10.8 Å². The molecule has 23 heavy (non-hydrogen) atoms. The first-order valence-electron chi connectivity index (χ1n) is 7.24. The van der Waals surface area contributed by atoms with E-state index in [9.17, 15) is 0 Å². The summed E-state index contributed by atoms with van der Waals surface area (Å²) in [6, 6.07) is 9.86. The van der Waals surface area contributed by atoms with Crippen molar-refractivity contribution in [3.05, 3.63) is 67.5 Å². The number of benzene rings is 1.